The second kappa shape index (κ2) is 4.67. The third kappa shape index (κ3) is 2.62. The van der Waals surface area contributed by atoms with E-state index in [0.717, 1.165) is 16.3 Å². The second-order valence-corrected chi connectivity index (χ2v) is 4.59. The van der Waals surface area contributed by atoms with E-state index in [4.69, 9.17) is 0 Å². The Bertz CT molecular complexity index is 464. The van der Waals surface area contributed by atoms with Crippen molar-refractivity contribution in [2.45, 2.75) is 30.0 Å². The van der Waals surface area contributed by atoms with Gasteiger partial charge in [-0.15, -0.1) is 5.10 Å². The number of aliphatic hydroxyl groups excluding tert-OH is 1. The molecule has 84 valence electrons. The van der Waals surface area contributed by atoms with Crippen LogP contribution in [0.4, 0.5) is 0 Å². The van der Waals surface area contributed by atoms with Crippen molar-refractivity contribution in [3.05, 3.63) is 35.7 Å². The molecule has 0 radical (unpaired) electrons. The van der Waals surface area contributed by atoms with Gasteiger partial charge in [-0.2, -0.15) is 0 Å². The molecule has 2 aromatic rings. The van der Waals surface area contributed by atoms with Gasteiger partial charge in [-0.3, -0.25) is 5.10 Å². The molecule has 4 nitrogen and oxygen atoms in total. The first-order chi connectivity index (χ1) is 7.65. The van der Waals surface area contributed by atoms with E-state index < -0.39 is 6.10 Å². The first kappa shape index (κ1) is 11.2. The van der Waals surface area contributed by atoms with Crippen molar-refractivity contribution in [2.24, 2.45) is 0 Å². The van der Waals surface area contributed by atoms with E-state index in [2.05, 4.69) is 15.2 Å². The smallest absolute Gasteiger partial charge is 0.213 e. The Hall–Kier alpha value is -1.33. The molecule has 1 aromatic heterocycles. The fourth-order valence-electron chi connectivity index (χ4n) is 1.29. The topological polar surface area (TPSA) is 61.8 Å². The molecular formula is C11H13N3OS. The van der Waals surface area contributed by atoms with Crippen LogP contribution < -0.4 is 0 Å². The van der Waals surface area contributed by atoms with Crippen LogP contribution in [-0.4, -0.2) is 20.3 Å². The zero-order valence-electron chi connectivity index (χ0n) is 9.14. The lowest BCUT2D eigenvalue weighted by Gasteiger charge is -2.04. The molecule has 2 N–H and O–H groups in total. The highest BCUT2D eigenvalue weighted by Crippen LogP contribution is 2.25. The normalized spacial score (nSPS) is 12.7. The molecule has 1 aromatic carbocycles. The van der Waals surface area contributed by atoms with Gasteiger partial charge in [0.25, 0.3) is 0 Å². The maximum atomic E-state index is 9.37. The van der Waals surface area contributed by atoms with Crippen LogP contribution in [0, 0.1) is 6.92 Å². The Morgan fingerprint density at radius 1 is 1.31 bits per heavy atom. The summed E-state index contributed by atoms with van der Waals surface area (Å²) >= 11 is 1.49. The molecule has 0 aliphatic carbocycles. The Labute approximate surface area is 98.1 Å². The maximum absolute atomic E-state index is 9.37. The summed E-state index contributed by atoms with van der Waals surface area (Å²) in [4.78, 5) is 5.27. The summed E-state index contributed by atoms with van der Waals surface area (Å²) in [6.45, 7) is 3.62. The number of nitrogens with zero attached hydrogens (tertiary/aromatic N) is 2. The third-order valence-electron chi connectivity index (χ3n) is 2.15. The van der Waals surface area contributed by atoms with Gasteiger partial charge >= 0.3 is 0 Å². The Balaban J connectivity index is 2.11. The number of aryl methyl sites for hydroxylation is 1. The molecule has 0 aliphatic rings. The minimum atomic E-state index is -0.426. The maximum Gasteiger partial charge on any atom is 0.213 e. The van der Waals surface area contributed by atoms with E-state index in [-0.39, 0.29) is 0 Å². The van der Waals surface area contributed by atoms with Crippen LogP contribution in [0.15, 0.2) is 34.3 Å². The number of aromatic amines is 1. The molecule has 0 amide bonds. The van der Waals surface area contributed by atoms with Crippen LogP contribution in [0.25, 0.3) is 0 Å². The number of aliphatic hydroxyl groups is 1. The van der Waals surface area contributed by atoms with Crippen LogP contribution in [-0.2, 0) is 0 Å². The zero-order valence-corrected chi connectivity index (χ0v) is 9.95. The standard InChI is InChI=1S/C11H13N3OS/c1-7(15)9-3-5-10(6-4-9)16-11-12-8(2)13-14-11/h3-7,15H,1-2H3,(H,12,13,14)/t7-/m0/s1. The van der Waals surface area contributed by atoms with Crippen LogP contribution in [0.1, 0.15) is 24.4 Å². The van der Waals surface area contributed by atoms with Crippen LogP contribution in [0.2, 0.25) is 0 Å². The van der Waals surface area contributed by atoms with Crippen LogP contribution in [0.5, 0.6) is 0 Å². The summed E-state index contributed by atoms with van der Waals surface area (Å²) in [6.07, 6.45) is -0.426. The molecule has 1 heterocycles. The first-order valence-corrected chi connectivity index (χ1v) is 5.81. The molecule has 0 bridgehead atoms. The van der Waals surface area contributed by atoms with E-state index in [1.54, 1.807) is 6.92 Å². The summed E-state index contributed by atoms with van der Waals surface area (Å²) in [5, 5.41) is 16.9. The van der Waals surface area contributed by atoms with Crippen molar-refractivity contribution in [3.8, 4) is 0 Å². The third-order valence-corrected chi connectivity index (χ3v) is 3.02. The lowest BCUT2D eigenvalue weighted by Crippen LogP contribution is -1.89. The van der Waals surface area contributed by atoms with Gasteiger partial charge in [0, 0.05) is 4.90 Å². The molecule has 5 heteroatoms. The summed E-state index contributed by atoms with van der Waals surface area (Å²) in [5.74, 6) is 0.808. The summed E-state index contributed by atoms with van der Waals surface area (Å²) in [6, 6.07) is 7.73. The fourth-order valence-corrected chi connectivity index (χ4v) is 2.04. The highest BCUT2D eigenvalue weighted by Gasteiger charge is 2.04. The van der Waals surface area contributed by atoms with Gasteiger partial charge in [0.05, 0.1) is 6.10 Å². The molecule has 0 saturated carbocycles. The van der Waals surface area contributed by atoms with Crippen LogP contribution in [0.3, 0.4) is 0 Å². The van der Waals surface area contributed by atoms with E-state index in [9.17, 15) is 5.11 Å². The molecular weight excluding hydrogens is 222 g/mol. The minimum absolute atomic E-state index is 0.426. The Morgan fingerprint density at radius 3 is 2.50 bits per heavy atom. The lowest BCUT2D eigenvalue weighted by molar-refractivity contribution is 0.199. The van der Waals surface area contributed by atoms with E-state index in [1.807, 2.05) is 31.2 Å². The van der Waals surface area contributed by atoms with Crippen molar-refractivity contribution >= 4 is 11.8 Å². The summed E-state index contributed by atoms with van der Waals surface area (Å²) in [7, 11) is 0. The number of hydrogen-bond acceptors (Lipinski definition) is 4. The van der Waals surface area contributed by atoms with Crippen LogP contribution >= 0.6 is 11.8 Å². The number of aromatic nitrogens is 3. The van der Waals surface area contributed by atoms with Gasteiger partial charge in [0.2, 0.25) is 5.16 Å². The zero-order chi connectivity index (χ0) is 11.5. The minimum Gasteiger partial charge on any atom is -0.389 e. The summed E-state index contributed by atoms with van der Waals surface area (Å²) in [5.41, 5.74) is 0.913. The number of hydrogen-bond donors (Lipinski definition) is 2. The van der Waals surface area contributed by atoms with Gasteiger partial charge in [-0.1, -0.05) is 12.1 Å². The van der Waals surface area contributed by atoms with Gasteiger partial charge in [-0.05, 0) is 43.3 Å². The number of rotatable bonds is 3. The molecule has 2 rings (SSSR count). The number of nitrogens with one attached hydrogen (secondary N) is 1. The van der Waals surface area contributed by atoms with Crippen molar-refractivity contribution < 1.29 is 5.11 Å². The molecule has 0 spiro atoms. The predicted octanol–water partition coefficient (Wildman–Crippen LogP) is 2.32. The summed E-state index contributed by atoms with van der Waals surface area (Å²) < 4.78 is 0. The monoisotopic (exact) mass is 235 g/mol. The second-order valence-electron chi connectivity index (χ2n) is 3.55. The van der Waals surface area contributed by atoms with Crippen molar-refractivity contribution in [1.82, 2.24) is 15.2 Å². The molecule has 0 fully saturated rings. The van der Waals surface area contributed by atoms with Crippen molar-refractivity contribution in [1.29, 1.82) is 0 Å². The highest BCUT2D eigenvalue weighted by molar-refractivity contribution is 7.99. The van der Waals surface area contributed by atoms with Gasteiger partial charge in [0.15, 0.2) is 0 Å². The number of benzene rings is 1. The molecule has 0 aliphatic heterocycles. The average Bonchev–Trinajstić information content (AvgIpc) is 2.65. The van der Waals surface area contributed by atoms with Gasteiger partial charge in [0.1, 0.15) is 5.82 Å². The Morgan fingerprint density at radius 2 is 2.00 bits per heavy atom. The molecule has 16 heavy (non-hydrogen) atoms. The van der Waals surface area contributed by atoms with Crippen molar-refractivity contribution in [3.63, 3.8) is 0 Å². The lowest BCUT2D eigenvalue weighted by atomic mass is 10.1. The highest BCUT2D eigenvalue weighted by atomic mass is 32.2. The largest absolute Gasteiger partial charge is 0.389 e. The predicted molar refractivity (Wildman–Crippen MR) is 62.3 cm³/mol. The Kier molecular flexibility index (Phi) is 3.26. The molecule has 0 unspecified atom stereocenters. The fraction of sp³-hybridized carbons (Fsp3) is 0.273. The average molecular weight is 235 g/mol. The molecule has 0 saturated heterocycles. The van der Waals surface area contributed by atoms with E-state index >= 15 is 0 Å². The molecule has 1 atom stereocenters. The SMILES string of the molecule is Cc1nc(Sc2ccc([C@H](C)O)cc2)n[nH]1. The first-order valence-electron chi connectivity index (χ1n) is 5.00. The quantitative estimate of drug-likeness (QED) is 0.857. The van der Waals surface area contributed by atoms with Gasteiger partial charge < -0.3 is 5.11 Å². The number of H-pyrrole nitrogens is 1. The van der Waals surface area contributed by atoms with Crippen molar-refractivity contribution in [2.75, 3.05) is 0 Å². The van der Waals surface area contributed by atoms with E-state index in [1.165, 1.54) is 11.8 Å². The van der Waals surface area contributed by atoms with Gasteiger partial charge in [-0.25, -0.2) is 4.98 Å². The van der Waals surface area contributed by atoms with E-state index in [0.29, 0.717) is 5.16 Å².